The van der Waals surface area contributed by atoms with Gasteiger partial charge in [-0.1, -0.05) is 18.2 Å². The van der Waals surface area contributed by atoms with Gasteiger partial charge in [0.25, 0.3) is 0 Å². The third-order valence-electron chi connectivity index (χ3n) is 6.11. The lowest BCUT2D eigenvalue weighted by Gasteiger charge is -2.23. The van der Waals surface area contributed by atoms with Crippen LogP contribution in [0.15, 0.2) is 42.6 Å². The summed E-state index contributed by atoms with van der Waals surface area (Å²) in [5, 5.41) is 16.8. The van der Waals surface area contributed by atoms with Crippen molar-refractivity contribution >= 4 is 22.9 Å². The number of hydrogen-bond donors (Lipinski definition) is 2. The Kier molecular flexibility index (Phi) is 4.01. The summed E-state index contributed by atoms with van der Waals surface area (Å²) < 4.78 is 2.05. The molecule has 2 aromatic heterocycles. The highest BCUT2D eigenvalue weighted by molar-refractivity contribution is 5.83. The fraction of sp³-hybridized carbons (Fsp3) is 0.333. The van der Waals surface area contributed by atoms with Crippen LogP contribution in [0.25, 0.3) is 22.2 Å². The molecule has 2 N–H and O–H groups in total. The Bertz CT molecular complexity index is 1120. The molecule has 148 valence electrons. The van der Waals surface area contributed by atoms with Crippen LogP contribution in [0.4, 0.5) is 4.79 Å². The van der Waals surface area contributed by atoms with Crippen molar-refractivity contribution in [1.82, 2.24) is 25.0 Å². The van der Waals surface area contributed by atoms with E-state index in [0.29, 0.717) is 13.1 Å². The number of rotatable bonds is 3. The molecule has 1 atom stereocenters. The lowest BCUT2D eigenvalue weighted by Crippen LogP contribution is -2.40. The number of likely N-dealkylation sites (tertiary alicyclic amines) is 1. The first-order valence-electron chi connectivity index (χ1n) is 9.72. The number of pyridine rings is 1. The van der Waals surface area contributed by atoms with E-state index in [1.807, 2.05) is 35.1 Å². The maximum absolute atomic E-state index is 12.3. The highest BCUT2D eigenvalue weighted by atomic mass is 16.4. The number of para-hydroxylation sites is 1. The molecule has 0 aliphatic carbocycles. The van der Waals surface area contributed by atoms with Crippen molar-refractivity contribution in [3.63, 3.8) is 0 Å². The lowest BCUT2D eigenvalue weighted by atomic mass is 9.82. The van der Waals surface area contributed by atoms with Gasteiger partial charge in [0, 0.05) is 47.9 Å². The lowest BCUT2D eigenvalue weighted by molar-refractivity contribution is -0.129. The minimum atomic E-state index is -1.18. The summed E-state index contributed by atoms with van der Waals surface area (Å²) in [7, 11) is 0. The van der Waals surface area contributed by atoms with Crippen molar-refractivity contribution < 1.29 is 14.7 Å². The van der Waals surface area contributed by atoms with Gasteiger partial charge in [-0.15, -0.1) is 0 Å². The molecular formula is C21H21N5O3. The Balaban J connectivity index is 1.40. The normalized spacial score (nSPS) is 20.3. The van der Waals surface area contributed by atoms with E-state index in [-0.39, 0.29) is 17.9 Å². The highest BCUT2D eigenvalue weighted by Gasteiger charge is 2.46. The van der Waals surface area contributed by atoms with Crippen molar-refractivity contribution in [2.75, 3.05) is 19.6 Å². The van der Waals surface area contributed by atoms with Gasteiger partial charge in [-0.05, 0) is 31.0 Å². The molecule has 3 aromatic rings. The molecule has 1 spiro atoms. The van der Waals surface area contributed by atoms with Gasteiger partial charge >= 0.3 is 6.09 Å². The van der Waals surface area contributed by atoms with Crippen LogP contribution in [-0.2, 0) is 16.8 Å². The van der Waals surface area contributed by atoms with E-state index >= 15 is 0 Å². The zero-order chi connectivity index (χ0) is 20.0. The largest absolute Gasteiger partial charge is 0.465 e. The van der Waals surface area contributed by atoms with Crippen molar-refractivity contribution in [2.24, 2.45) is 0 Å². The molecule has 8 heteroatoms. The van der Waals surface area contributed by atoms with E-state index in [1.54, 1.807) is 4.90 Å². The molecule has 2 aliphatic heterocycles. The molecule has 8 nitrogen and oxygen atoms in total. The first-order chi connectivity index (χ1) is 14.0. The fourth-order valence-electron chi connectivity index (χ4n) is 4.58. The van der Waals surface area contributed by atoms with Crippen LogP contribution >= 0.6 is 0 Å². The Morgan fingerprint density at radius 1 is 1.17 bits per heavy atom. The van der Waals surface area contributed by atoms with E-state index in [1.165, 1.54) is 0 Å². The van der Waals surface area contributed by atoms with E-state index in [0.717, 1.165) is 47.2 Å². The van der Waals surface area contributed by atoms with Crippen LogP contribution in [0, 0.1) is 0 Å². The molecular weight excluding hydrogens is 370 g/mol. The number of benzene rings is 1. The molecule has 1 unspecified atom stereocenters. The average molecular weight is 391 g/mol. The van der Waals surface area contributed by atoms with Gasteiger partial charge in [-0.2, -0.15) is 5.10 Å². The summed E-state index contributed by atoms with van der Waals surface area (Å²) in [6.07, 6.45) is 2.49. The second-order valence-electron chi connectivity index (χ2n) is 7.81. The molecule has 2 aliphatic rings. The quantitative estimate of drug-likeness (QED) is 0.713. The maximum Gasteiger partial charge on any atom is 0.405 e. The highest BCUT2D eigenvalue weighted by Crippen LogP contribution is 2.43. The summed E-state index contributed by atoms with van der Waals surface area (Å²) in [5.74, 6) is -0.179. The summed E-state index contributed by atoms with van der Waals surface area (Å²) >= 11 is 0. The molecule has 0 saturated carbocycles. The zero-order valence-electron chi connectivity index (χ0n) is 15.8. The molecule has 1 aromatic carbocycles. The minimum Gasteiger partial charge on any atom is -0.465 e. The molecule has 1 fully saturated rings. The summed E-state index contributed by atoms with van der Waals surface area (Å²) in [4.78, 5) is 29.3. The molecule has 1 saturated heterocycles. The first-order valence-corrected chi connectivity index (χ1v) is 9.72. The van der Waals surface area contributed by atoms with Crippen LogP contribution < -0.4 is 5.32 Å². The average Bonchev–Trinajstić information content (AvgIpc) is 3.43. The van der Waals surface area contributed by atoms with Crippen molar-refractivity contribution in [2.45, 2.75) is 24.8 Å². The number of carbonyl (C=O) groups is 2. The van der Waals surface area contributed by atoms with Gasteiger partial charge in [-0.3, -0.25) is 14.5 Å². The number of fused-ring (bicyclic) bond motifs is 3. The number of nitrogens with one attached hydrogen (secondary N) is 1. The topological polar surface area (TPSA) is 100 Å². The van der Waals surface area contributed by atoms with Crippen molar-refractivity contribution in [1.29, 1.82) is 0 Å². The number of amides is 2. The van der Waals surface area contributed by atoms with Gasteiger partial charge in [0.2, 0.25) is 5.91 Å². The number of hydrogen-bond acceptors (Lipinski definition) is 4. The molecule has 0 radical (unpaired) electrons. The maximum atomic E-state index is 12.3. The van der Waals surface area contributed by atoms with Crippen molar-refractivity contribution in [3.8, 4) is 11.3 Å². The molecule has 0 bridgehead atoms. The molecule has 4 heterocycles. The second kappa shape index (κ2) is 6.58. The smallest absolute Gasteiger partial charge is 0.405 e. The molecule has 2 amide bonds. The van der Waals surface area contributed by atoms with Crippen LogP contribution in [0.2, 0.25) is 0 Å². The summed E-state index contributed by atoms with van der Waals surface area (Å²) in [5.41, 5.74) is 3.89. The molecule has 5 rings (SSSR count). The van der Waals surface area contributed by atoms with Crippen molar-refractivity contribution in [3.05, 3.63) is 48.3 Å². The third-order valence-corrected chi connectivity index (χ3v) is 6.11. The SMILES string of the molecule is O=C(O)NCC(=O)N1CCC2(CCn3nc(-c4cnc5ccccc5c4)cc32)C1. The number of carbonyl (C=O) groups excluding carboxylic acids is 1. The van der Waals surface area contributed by atoms with Gasteiger partial charge in [0.1, 0.15) is 6.54 Å². The van der Waals surface area contributed by atoms with Gasteiger partial charge in [-0.25, -0.2) is 4.79 Å². The van der Waals surface area contributed by atoms with Crippen LogP contribution in [0.5, 0.6) is 0 Å². The van der Waals surface area contributed by atoms with Gasteiger partial charge < -0.3 is 15.3 Å². The summed E-state index contributed by atoms with van der Waals surface area (Å²) in [6, 6.07) is 12.2. The standard InChI is InChI=1S/C21H21N5O3/c27-19(12-23-20(28)29)25-7-5-21(13-25)6-8-26-18(21)10-17(24-26)15-9-14-3-1-2-4-16(14)22-11-15/h1-4,9-11,23H,5-8,12-13H2,(H,28,29). The van der Waals surface area contributed by atoms with Crippen LogP contribution in [0.1, 0.15) is 18.5 Å². The predicted octanol–water partition coefficient (Wildman–Crippen LogP) is 2.24. The Hall–Kier alpha value is -3.42. The van der Waals surface area contributed by atoms with E-state index in [4.69, 9.17) is 10.2 Å². The number of carboxylic acid groups (broad SMARTS) is 1. The summed E-state index contributed by atoms with van der Waals surface area (Å²) in [6.45, 7) is 1.89. The van der Waals surface area contributed by atoms with E-state index < -0.39 is 6.09 Å². The number of aryl methyl sites for hydroxylation is 1. The Labute approximate surface area is 167 Å². The number of nitrogens with zero attached hydrogens (tertiary/aromatic N) is 4. The number of aromatic nitrogens is 3. The second-order valence-corrected chi connectivity index (χ2v) is 7.81. The predicted molar refractivity (Wildman–Crippen MR) is 106 cm³/mol. The van der Waals surface area contributed by atoms with E-state index in [9.17, 15) is 9.59 Å². The Morgan fingerprint density at radius 3 is 2.86 bits per heavy atom. The minimum absolute atomic E-state index is 0.103. The first kappa shape index (κ1) is 17.7. The van der Waals surface area contributed by atoms with Gasteiger partial charge in [0.15, 0.2) is 0 Å². The van der Waals surface area contributed by atoms with Crippen LogP contribution in [-0.4, -0.2) is 56.4 Å². The Morgan fingerprint density at radius 2 is 2.00 bits per heavy atom. The third kappa shape index (κ3) is 3.00. The zero-order valence-corrected chi connectivity index (χ0v) is 15.8. The van der Waals surface area contributed by atoms with E-state index in [2.05, 4.69) is 22.4 Å². The van der Waals surface area contributed by atoms with Gasteiger partial charge in [0.05, 0.1) is 11.2 Å². The monoisotopic (exact) mass is 391 g/mol. The van der Waals surface area contributed by atoms with Crippen LogP contribution in [0.3, 0.4) is 0 Å². The fourth-order valence-corrected chi connectivity index (χ4v) is 4.58. The molecule has 29 heavy (non-hydrogen) atoms.